The number of aromatic nitrogens is 1. The first-order valence-corrected chi connectivity index (χ1v) is 5.64. The molecule has 0 aliphatic carbocycles. The second-order valence-corrected chi connectivity index (χ2v) is 3.09. The number of benzene rings is 1. The van der Waals surface area contributed by atoms with Crippen LogP contribution in [0.25, 0.3) is 11.3 Å². The molecule has 2 aromatic rings. The Morgan fingerprint density at radius 3 is 2.00 bits per heavy atom. The predicted molar refractivity (Wildman–Crippen MR) is 77.7 cm³/mol. The van der Waals surface area contributed by atoms with Crippen LogP contribution in [0.3, 0.4) is 0 Å². The van der Waals surface area contributed by atoms with Crippen LogP contribution in [0.4, 0.5) is 0 Å². The molecule has 99 valence electrons. The van der Waals surface area contributed by atoms with E-state index in [1.54, 1.807) is 6.20 Å². The average Bonchev–Trinajstić information content (AvgIpc) is 2.43. The summed E-state index contributed by atoms with van der Waals surface area (Å²) in [5.41, 5.74) is 2.01. The van der Waals surface area contributed by atoms with Crippen LogP contribution >= 0.6 is 25.3 Å². The number of rotatable bonds is 1. The van der Waals surface area contributed by atoms with E-state index in [-0.39, 0.29) is 20.1 Å². The Bertz CT molecular complexity index is 457. The predicted octanol–water partition coefficient (Wildman–Crippen LogP) is 3.34. The zero-order chi connectivity index (χ0) is 13.6. The van der Waals surface area contributed by atoms with Crippen LogP contribution in [0, 0.1) is 27.4 Å². The van der Waals surface area contributed by atoms with Gasteiger partial charge >= 0.3 is 0 Å². The molecule has 1 radical (unpaired) electrons. The zero-order valence-corrected chi connectivity index (χ0v) is 13.9. The Morgan fingerprint density at radius 1 is 1.00 bits per heavy atom. The van der Waals surface area contributed by atoms with Crippen molar-refractivity contribution in [3.8, 4) is 22.1 Å². The quantitative estimate of drug-likeness (QED) is 0.387. The van der Waals surface area contributed by atoms with Gasteiger partial charge in [-0.05, 0) is 11.8 Å². The summed E-state index contributed by atoms with van der Waals surface area (Å²) in [6.45, 7) is 0. The summed E-state index contributed by atoms with van der Waals surface area (Å²) in [4.78, 5) is 4.22. The van der Waals surface area contributed by atoms with Crippen LogP contribution in [0.2, 0.25) is 0 Å². The second kappa shape index (κ2) is 14.8. The van der Waals surface area contributed by atoms with E-state index < -0.39 is 0 Å². The summed E-state index contributed by atoms with van der Waals surface area (Å²) >= 11 is 6.19. The van der Waals surface area contributed by atoms with Crippen molar-refractivity contribution in [1.82, 2.24) is 4.98 Å². The van der Waals surface area contributed by atoms with E-state index in [1.807, 2.05) is 42.5 Å². The molecule has 3 nitrogen and oxygen atoms in total. The summed E-state index contributed by atoms with van der Waals surface area (Å²) in [5, 5.41) is 17.3. The average molecular weight is 465 g/mol. The maximum Gasteiger partial charge on any atom is 0.130 e. The molecule has 6 heteroatoms. The molecular weight excluding hydrogens is 455 g/mol. The largest absolute Gasteiger partial charge is 0.305 e. The van der Waals surface area contributed by atoms with Gasteiger partial charge < -0.3 is 4.98 Å². The van der Waals surface area contributed by atoms with Gasteiger partial charge in [0.2, 0.25) is 0 Å². The third kappa shape index (κ3) is 10.3. The molecule has 19 heavy (non-hydrogen) atoms. The van der Waals surface area contributed by atoms with Crippen molar-refractivity contribution in [3.63, 3.8) is 0 Å². The number of pyridine rings is 1. The van der Waals surface area contributed by atoms with Crippen LogP contribution in [-0.2, 0) is 20.1 Å². The fourth-order valence-electron chi connectivity index (χ4n) is 1.07. The number of hydrogen-bond donors (Lipinski definition) is 2. The van der Waals surface area contributed by atoms with E-state index in [4.69, 9.17) is 10.5 Å². The maximum atomic E-state index is 7.18. The second-order valence-electron chi connectivity index (χ2n) is 2.69. The topological polar surface area (TPSA) is 60.5 Å². The molecule has 0 aliphatic rings. The molecule has 0 spiro atoms. The van der Waals surface area contributed by atoms with Gasteiger partial charge in [-0.25, -0.2) is 0 Å². The molecule has 0 atom stereocenters. The zero-order valence-electron chi connectivity index (χ0n) is 9.69. The summed E-state index contributed by atoms with van der Waals surface area (Å²) in [7, 11) is 0. The molecule has 0 saturated heterocycles. The van der Waals surface area contributed by atoms with Crippen LogP contribution in [0.5, 0.6) is 0 Å². The Morgan fingerprint density at radius 2 is 1.58 bits per heavy atom. The van der Waals surface area contributed by atoms with Crippen LogP contribution < -0.4 is 0 Å². The number of thiol groups is 2. The summed E-state index contributed by atoms with van der Waals surface area (Å²) in [5.74, 6) is 0. The van der Waals surface area contributed by atoms with Gasteiger partial charge in [-0.1, -0.05) is 37.4 Å². The molecule has 0 fully saturated rings. The van der Waals surface area contributed by atoms with Crippen molar-refractivity contribution in [3.05, 3.63) is 54.7 Å². The monoisotopic (exact) mass is 465 g/mol. The molecule has 2 rings (SSSR count). The van der Waals surface area contributed by atoms with E-state index in [0.29, 0.717) is 0 Å². The Hall–Kier alpha value is -1.30. The molecule has 0 unspecified atom stereocenters. The summed E-state index contributed by atoms with van der Waals surface area (Å²) < 4.78 is 0. The third-order valence-electron chi connectivity index (χ3n) is 1.65. The van der Waals surface area contributed by atoms with Gasteiger partial charge in [0.15, 0.2) is 0 Å². The Kier molecular flexibility index (Phi) is 15.6. The first-order chi connectivity index (χ1) is 8.79. The molecule has 0 saturated carbocycles. The molecule has 1 heterocycles. The number of thiocyanates is 2. The molecule has 1 aromatic heterocycles. The van der Waals surface area contributed by atoms with Gasteiger partial charge in [0.25, 0.3) is 0 Å². The first kappa shape index (κ1) is 20.0. The number of hydrogen-bond acceptors (Lipinski definition) is 5. The van der Waals surface area contributed by atoms with E-state index in [1.165, 1.54) is 10.8 Å². The summed E-state index contributed by atoms with van der Waals surface area (Å²) in [6.07, 6.45) is 1.79. The van der Waals surface area contributed by atoms with E-state index in [2.05, 4.69) is 36.3 Å². The van der Waals surface area contributed by atoms with E-state index in [9.17, 15) is 0 Å². The van der Waals surface area contributed by atoms with Gasteiger partial charge in [-0.3, -0.25) is 0 Å². The van der Waals surface area contributed by atoms with Gasteiger partial charge in [0.05, 0.1) is 0 Å². The minimum Gasteiger partial charge on any atom is -0.305 e. The van der Waals surface area contributed by atoms with Crippen LogP contribution in [0.15, 0.2) is 48.7 Å². The van der Waals surface area contributed by atoms with Gasteiger partial charge in [0, 0.05) is 26.3 Å². The van der Waals surface area contributed by atoms with Crippen molar-refractivity contribution in [2.45, 2.75) is 0 Å². The van der Waals surface area contributed by atoms with E-state index in [0.717, 1.165) is 11.3 Å². The van der Waals surface area contributed by atoms with Crippen LogP contribution in [0.1, 0.15) is 0 Å². The maximum absolute atomic E-state index is 7.18. The fraction of sp³-hybridized carbons (Fsp3) is 0. The number of nitrogens with zero attached hydrogens (tertiary/aromatic N) is 3. The van der Waals surface area contributed by atoms with Gasteiger partial charge in [-0.2, -0.15) is 10.5 Å². The van der Waals surface area contributed by atoms with Crippen molar-refractivity contribution in [1.29, 1.82) is 10.5 Å². The SMILES string of the molecule is N#CS.N#CS.[Ir].[c-]1ccccc1-c1ccccn1. The standard InChI is InChI=1S/C11H8N.2CHNS.Ir/c1-2-6-10(7-3-1)11-8-4-5-9-12-11;2*2-1-3;/h1-6,8-9H;2*3H;/q-1;;;. The van der Waals surface area contributed by atoms with Gasteiger partial charge in [-0.15, -0.1) is 35.9 Å². The Labute approximate surface area is 137 Å². The van der Waals surface area contributed by atoms with Crippen molar-refractivity contribution in [2.24, 2.45) is 0 Å². The molecule has 0 aliphatic heterocycles. The molecule has 0 bridgehead atoms. The third-order valence-corrected chi connectivity index (χ3v) is 1.65. The van der Waals surface area contributed by atoms with E-state index >= 15 is 0 Å². The fourth-order valence-corrected chi connectivity index (χ4v) is 1.07. The minimum absolute atomic E-state index is 0. The van der Waals surface area contributed by atoms with Gasteiger partial charge in [0.1, 0.15) is 10.8 Å². The molecule has 0 amide bonds. The van der Waals surface area contributed by atoms with Crippen molar-refractivity contribution < 1.29 is 20.1 Å². The summed E-state index contributed by atoms with van der Waals surface area (Å²) in [6, 6.07) is 16.8. The van der Waals surface area contributed by atoms with Crippen molar-refractivity contribution in [2.75, 3.05) is 0 Å². The van der Waals surface area contributed by atoms with Crippen molar-refractivity contribution >= 4 is 25.3 Å². The normalized spacial score (nSPS) is 6.95. The smallest absolute Gasteiger partial charge is 0.130 e. The molecular formula is C13H10IrN3S2-. The minimum atomic E-state index is 0. The Balaban J connectivity index is 0. The molecule has 1 aromatic carbocycles. The number of nitriles is 2. The van der Waals surface area contributed by atoms with Crippen LogP contribution in [-0.4, -0.2) is 4.98 Å². The molecule has 0 N–H and O–H groups in total. The first-order valence-electron chi connectivity index (χ1n) is 4.74.